The Morgan fingerprint density at radius 2 is 1.92 bits per heavy atom. The molecule has 2 aromatic carbocycles. The largest absolute Gasteiger partial charge is 0.461 e. The van der Waals surface area contributed by atoms with Crippen LogP contribution in [0.4, 0.5) is 0 Å². The van der Waals surface area contributed by atoms with Crippen molar-refractivity contribution in [2.24, 2.45) is 0 Å². The molecule has 128 valence electrons. The number of rotatable bonds is 4. The van der Waals surface area contributed by atoms with E-state index in [1.165, 1.54) is 0 Å². The quantitative estimate of drug-likeness (QED) is 0.483. The van der Waals surface area contributed by atoms with Crippen LogP contribution in [0.5, 0.6) is 0 Å². The molecule has 0 atom stereocenters. The van der Waals surface area contributed by atoms with Gasteiger partial charge in [-0.25, -0.2) is 9.78 Å². The highest BCUT2D eigenvalue weighted by Crippen LogP contribution is 2.30. The molecule has 0 N–H and O–H groups in total. The van der Waals surface area contributed by atoms with E-state index in [4.69, 9.17) is 27.9 Å². The first-order chi connectivity index (χ1) is 12.0. The second kappa shape index (κ2) is 7.60. The molecule has 4 nitrogen and oxygen atoms in total. The van der Waals surface area contributed by atoms with Crippen molar-refractivity contribution in [2.45, 2.75) is 6.92 Å². The lowest BCUT2D eigenvalue weighted by Gasteiger charge is -2.10. The Labute approximate surface area is 163 Å². The second-order valence-corrected chi connectivity index (χ2v) is 6.90. The van der Waals surface area contributed by atoms with Crippen molar-refractivity contribution >= 4 is 45.1 Å². The van der Waals surface area contributed by atoms with Crippen molar-refractivity contribution in [3.8, 4) is 17.1 Å². The van der Waals surface area contributed by atoms with Gasteiger partial charge in [-0.15, -0.1) is 0 Å². The maximum atomic E-state index is 12.1. The number of halogens is 3. The molecule has 0 unspecified atom stereocenters. The minimum absolute atomic E-state index is 0.214. The van der Waals surface area contributed by atoms with Crippen molar-refractivity contribution in [1.29, 1.82) is 0 Å². The van der Waals surface area contributed by atoms with Gasteiger partial charge in [0.05, 0.1) is 17.3 Å². The first-order valence-corrected chi connectivity index (χ1v) is 9.02. The minimum atomic E-state index is -0.482. The van der Waals surface area contributed by atoms with Crippen molar-refractivity contribution in [3.63, 3.8) is 0 Å². The molecule has 0 aliphatic carbocycles. The molecule has 0 saturated heterocycles. The standard InChI is InChI=1S/C18H13BrCl2N2O2/c1-2-25-18(24)15-10-23(16-8-7-13(20)9-14(16)21)17(22-15)11-3-5-12(19)6-4-11/h3-10H,2H2,1H3. The summed E-state index contributed by atoms with van der Waals surface area (Å²) < 4.78 is 7.77. The minimum Gasteiger partial charge on any atom is -0.461 e. The molecule has 25 heavy (non-hydrogen) atoms. The Balaban J connectivity index is 2.17. The first kappa shape index (κ1) is 18.0. The van der Waals surface area contributed by atoms with E-state index in [2.05, 4.69) is 20.9 Å². The van der Waals surface area contributed by atoms with Gasteiger partial charge >= 0.3 is 5.97 Å². The number of nitrogens with zero attached hydrogens (tertiary/aromatic N) is 2. The molecule has 1 heterocycles. The number of aromatic nitrogens is 2. The maximum Gasteiger partial charge on any atom is 0.358 e. The second-order valence-electron chi connectivity index (χ2n) is 5.14. The number of benzene rings is 2. The van der Waals surface area contributed by atoms with Gasteiger partial charge in [0.2, 0.25) is 0 Å². The van der Waals surface area contributed by atoms with Gasteiger partial charge in [-0.2, -0.15) is 0 Å². The lowest BCUT2D eigenvalue weighted by Crippen LogP contribution is -2.04. The molecule has 0 radical (unpaired) electrons. The molecule has 0 aliphatic rings. The number of ether oxygens (including phenoxy) is 1. The summed E-state index contributed by atoms with van der Waals surface area (Å²) in [5.74, 6) is 0.101. The molecule has 1 aromatic heterocycles. The van der Waals surface area contributed by atoms with Gasteiger partial charge in [0.1, 0.15) is 5.82 Å². The number of hydrogen-bond donors (Lipinski definition) is 0. The van der Waals surface area contributed by atoms with E-state index in [9.17, 15) is 4.79 Å². The van der Waals surface area contributed by atoms with Gasteiger partial charge in [-0.1, -0.05) is 51.3 Å². The van der Waals surface area contributed by atoms with Gasteiger partial charge in [0.15, 0.2) is 5.69 Å². The molecule has 3 rings (SSSR count). The third-order valence-corrected chi connectivity index (χ3v) is 4.53. The SMILES string of the molecule is CCOC(=O)c1cn(-c2ccc(Cl)cc2Cl)c(-c2ccc(Br)cc2)n1. The lowest BCUT2D eigenvalue weighted by atomic mass is 10.2. The smallest absolute Gasteiger partial charge is 0.358 e. The number of carbonyl (C=O) groups excluding carboxylic acids is 1. The summed E-state index contributed by atoms with van der Waals surface area (Å²) in [7, 11) is 0. The average molecular weight is 440 g/mol. The van der Waals surface area contributed by atoms with E-state index < -0.39 is 5.97 Å². The Morgan fingerprint density at radius 1 is 1.20 bits per heavy atom. The highest BCUT2D eigenvalue weighted by Gasteiger charge is 2.19. The zero-order valence-corrected chi connectivity index (χ0v) is 16.3. The summed E-state index contributed by atoms with van der Waals surface area (Å²) in [5.41, 5.74) is 1.72. The fourth-order valence-corrected chi connectivity index (χ4v) is 3.11. The molecule has 7 heteroatoms. The zero-order valence-electron chi connectivity index (χ0n) is 13.2. The number of hydrogen-bond acceptors (Lipinski definition) is 3. The monoisotopic (exact) mass is 438 g/mol. The summed E-state index contributed by atoms with van der Waals surface area (Å²) in [6.07, 6.45) is 1.62. The van der Waals surface area contributed by atoms with Crippen LogP contribution in [0, 0.1) is 0 Å². The highest BCUT2D eigenvalue weighted by atomic mass is 79.9. The van der Waals surface area contributed by atoms with Gasteiger partial charge in [0, 0.05) is 21.3 Å². The summed E-state index contributed by atoms with van der Waals surface area (Å²) in [6, 6.07) is 12.8. The summed E-state index contributed by atoms with van der Waals surface area (Å²) in [5, 5.41) is 0.989. The van der Waals surface area contributed by atoms with E-state index >= 15 is 0 Å². The Hall–Kier alpha value is -1.82. The Kier molecular flexibility index (Phi) is 5.47. The van der Waals surface area contributed by atoms with E-state index in [1.54, 1.807) is 35.9 Å². The first-order valence-electron chi connectivity index (χ1n) is 7.47. The van der Waals surface area contributed by atoms with E-state index in [0.29, 0.717) is 21.6 Å². The topological polar surface area (TPSA) is 44.1 Å². The van der Waals surface area contributed by atoms with Crippen molar-refractivity contribution in [1.82, 2.24) is 9.55 Å². The van der Waals surface area contributed by atoms with Crippen molar-refractivity contribution < 1.29 is 9.53 Å². The molecule has 0 bridgehead atoms. The third-order valence-electron chi connectivity index (χ3n) is 3.46. The van der Waals surface area contributed by atoms with Crippen LogP contribution in [-0.4, -0.2) is 22.1 Å². The van der Waals surface area contributed by atoms with E-state index in [0.717, 1.165) is 10.0 Å². The zero-order chi connectivity index (χ0) is 18.0. The lowest BCUT2D eigenvalue weighted by molar-refractivity contribution is 0.0520. The van der Waals surface area contributed by atoms with Crippen LogP contribution in [0.1, 0.15) is 17.4 Å². The van der Waals surface area contributed by atoms with E-state index in [-0.39, 0.29) is 12.3 Å². The van der Waals surface area contributed by atoms with Crippen molar-refractivity contribution in [3.05, 3.63) is 68.9 Å². The van der Waals surface area contributed by atoms with Crippen LogP contribution in [0.2, 0.25) is 10.0 Å². The molecular formula is C18H13BrCl2N2O2. The van der Waals surface area contributed by atoms with Crippen LogP contribution < -0.4 is 0 Å². The van der Waals surface area contributed by atoms with Gasteiger partial charge < -0.3 is 4.74 Å². The fourth-order valence-electron chi connectivity index (χ4n) is 2.35. The molecule has 0 fully saturated rings. The summed E-state index contributed by atoms with van der Waals surface area (Å²) in [6.45, 7) is 2.03. The molecule has 0 amide bonds. The summed E-state index contributed by atoms with van der Waals surface area (Å²) >= 11 is 15.7. The Bertz CT molecular complexity index is 923. The van der Waals surface area contributed by atoms with Crippen LogP contribution in [-0.2, 0) is 4.74 Å². The van der Waals surface area contributed by atoms with Crippen LogP contribution in [0.15, 0.2) is 53.1 Å². The molecule has 0 spiro atoms. The van der Waals surface area contributed by atoms with Gasteiger partial charge in [-0.3, -0.25) is 4.57 Å². The highest BCUT2D eigenvalue weighted by molar-refractivity contribution is 9.10. The van der Waals surface area contributed by atoms with Crippen molar-refractivity contribution in [2.75, 3.05) is 6.61 Å². The Morgan fingerprint density at radius 3 is 2.56 bits per heavy atom. The maximum absolute atomic E-state index is 12.1. The molecule has 3 aromatic rings. The van der Waals surface area contributed by atoms with E-state index in [1.807, 2.05) is 24.3 Å². The fraction of sp³-hybridized carbons (Fsp3) is 0.111. The third kappa shape index (κ3) is 3.89. The number of carbonyl (C=O) groups is 1. The average Bonchev–Trinajstić information content (AvgIpc) is 3.01. The molecule has 0 aliphatic heterocycles. The normalized spacial score (nSPS) is 10.7. The number of imidazole rings is 1. The molecule has 0 saturated carbocycles. The van der Waals surface area contributed by atoms with Crippen LogP contribution >= 0.6 is 39.1 Å². The summed E-state index contributed by atoms with van der Waals surface area (Å²) in [4.78, 5) is 16.6. The van der Waals surface area contributed by atoms with Gasteiger partial charge in [0.25, 0.3) is 0 Å². The predicted molar refractivity (Wildman–Crippen MR) is 103 cm³/mol. The number of esters is 1. The predicted octanol–water partition coefficient (Wildman–Crippen LogP) is 5.79. The van der Waals surface area contributed by atoms with Gasteiger partial charge in [-0.05, 0) is 37.3 Å². The van der Waals surface area contributed by atoms with Crippen LogP contribution in [0.3, 0.4) is 0 Å². The molecular weight excluding hydrogens is 427 g/mol. The van der Waals surface area contributed by atoms with Crippen LogP contribution in [0.25, 0.3) is 17.1 Å².